The van der Waals surface area contributed by atoms with Gasteiger partial charge in [-0.2, -0.15) is 11.8 Å². The SMILES string of the molecule is CC(=O)NC(CCSCCN1CCCC1)C(=O)O. The molecule has 1 unspecified atom stereocenters. The van der Waals surface area contributed by atoms with Gasteiger partial charge in [-0.15, -0.1) is 0 Å². The highest BCUT2D eigenvalue weighted by Crippen LogP contribution is 2.10. The van der Waals surface area contributed by atoms with Gasteiger partial charge in [0.1, 0.15) is 6.04 Å². The Morgan fingerprint density at radius 2 is 2.00 bits per heavy atom. The lowest BCUT2D eigenvalue weighted by Gasteiger charge is -2.15. The summed E-state index contributed by atoms with van der Waals surface area (Å²) in [5.41, 5.74) is 0. The topological polar surface area (TPSA) is 69.6 Å². The maximum absolute atomic E-state index is 10.9. The van der Waals surface area contributed by atoms with E-state index in [2.05, 4.69) is 10.2 Å². The quantitative estimate of drug-likeness (QED) is 0.641. The zero-order chi connectivity index (χ0) is 13.4. The molecule has 0 aromatic carbocycles. The summed E-state index contributed by atoms with van der Waals surface area (Å²) >= 11 is 1.76. The van der Waals surface area contributed by atoms with Crippen molar-refractivity contribution in [3.05, 3.63) is 0 Å². The van der Waals surface area contributed by atoms with E-state index in [1.807, 2.05) is 0 Å². The molecule has 1 rings (SSSR count). The molecule has 0 spiro atoms. The van der Waals surface area contributed by atoms with Gasteiger partial charge >= 0.3 is 5.97 Å². The van der Waals surface area contributed by atoms with Crippen LogP contribution in [-0.4, -0.2) is 59.1 Å². The van der Waals surface area contributed by atoms with Crippen LogP contribution in [0.15, 0.2) is 0 Å². The average molecular weight is 274 g/mol. The minimum atomic E-state index is -0.953. The van der Waals surface area contributed by atoms with Crippen molar-refractivity contribution < 1.29 is 14.7 Å². The number of carbonyl (C=O) groups is 2. The molecule has 1 aliphatic rings. The lowest BCUT2D eigenvalue weighted by atomic mass is 10.2. The van der Waals surface area contributed by atoms with Gasteiger partial charge in [0.2, 0.25) is 5.91 Å². The van der Waals surface area contributed by atoms with Crippen LogP contribution in [0.1, 0.15) is 26.2 Å². The van der Waals surface area contributed by atoms with Gasteiger partial charge in [-0.25, -0.2) is 4.79 Å². The minimum absolute atomic E-state index is 0.288. The molecule has 104 valence electrons. The highest BCUT2D eigenvalue weighted by molar-refractivity contribution is 7.99. The van der Waals surface area contributed by atoms with Crippen molar-refractivity contribution >= 4 is 23.6 Å². The van der Waals surface area contributed by atoms with E-state index >= 15 is 0 Å². The molecule has 6 heteroatoms. The fraction of sp³-hybridized carbons (Fsp3) is 0.833. The van der Waals surface area contributed by atoms with Crippen LogP contribution in [0.4, 0.5) is 0 Å². The van der Waals surface area contributed by atoms with Crippen molar-refractivity contribution in [1.82, 2.24) is 10.2 Å². The van der Waals surface area contributed by atoms with Gasteiger partial charge < -0.3 is 15.3 Å². The van der Waals surface area contributed by atoms with Crippen LogP contribution in [0.3, 0.4) is 0 Å². The molecule has 1 aliphatic heterocycles. The number of carbonyl (C=O) groups excluding carboxylic acids is 1. The summed E-state index contributed by atoms with van der Waals surface area (Å²) in [6.45, 7) is 4.83. The van der Waals surface area contributed by atoms with Crippen molar-refractivity contribution in [1.29, 1.82) is 0 Å². The van der Waals surface area contributed by atoms with Crippen LogP contribution in [0.2, 0.25) is 0 Å². The highest BCUT2D eigenvalue weighted by Gasteiger charge is 2.17. The van der Waals surface area contributed by atoms with E-state index in [1.165, 1.54) is 32.9 Å². The average Bonchev–Trinajstić information content (AvgIpc) is 2.79. The first-order valence-corrected chi connectivity index (χ1v) is 7.55. The number of amides is 1. The molecule has 18 heavy (non-hydrogen) atoms. The van der Waals surface area contributed by atoms with Crippen LogP contribution in [0.5, 0.6) is 0 Å². The predicted molar refractivity (Wildman–Crippen MR) is 72.9 cm³/mol. The summed E-state index contributed by atoms with van der Waals surface area (Å²) in [4.78, 5) is 24.1. The number of aliphatic carboxylic acids is 1. The highest BCUT2D eigenvalue weighted by atomic mass is 32.2. The monoisotopic (exact) mass is 274 g/mol. The Morgan fingerprint density at radius 1 is 1.33 bits per heavy atom. The number of hydrogen-bond donors (Lipinski definition) is 2. The summed E-state index contributed by atoms with van der Waals surface area (Å²) in [6, 6.07) is -0.748. The van der Waals surface area contributed by atoms with Gasteiger partial charge in [-0.1, -0.05) is 0 Å². The maximum Gasteiger partial charge on any atom is 0.326 e. The summed E-state index contributed by atoms with van der Waals surface area (Å²) in [7, 11) is 0. The van der Waals surface area contributed by atoms with Gasteiger partial charge in [0, 0.05) is 19.2 Å². The van der Waals surface area contributed by atoms with E-state index in [9.17, 15) is 9.59 Å². The Balaban J connectivity index is 2.06. The Kier molecular flexibility index (Phi) is 7.12. The van der Waals surface area contributed by atoms with E-state index < -0.39 is 12.0 Å². The van der Waals surface area contributed by atoms with Crippen LogP contribution in [0.25, 0.3) is 0 Å². The molecule has 0 saturated carbocycles. The number of carboxylic acid groups (broad SMARTS) is 1. The molecule has 1 amide bonds. The number of likely N-dealkylation sites (tertiary alicyclic amines) is 1. The summed E-state index contributed by atoms with van der Waals surface area (Å²) in [6.07, 6.45) is 3.09. The molecule has 0 aromatic heterocycles. The third kappa shape index (κ3) is 6.26. The number of rotatable bonds is 8. The van der Waals surface area contributed by atoms with Gasteiger partial charge in [0.15, 0.2) is 0 Å². The lowest BCUT2D eigenvalue weighted by molar-refractivity contribution is -0.141. The van der Waals surface area contributed by atoms with Gasteiger partial charge in [0.05, 0.1) is 0 Å². The zero-order valence-corrected chi connectivity index (χ0v) is 11.7. The standard InChI is InChI=1S/C12H22N2O3S/c1-10(15)13-11(12(16)17)4-8-18-9-7-14-5-2-3-6-14/h11H,2-9H2,1H3,(H,13,15)(H,16,17). The van der Waals surface area contributed by atoms with E-state index in [0.29, 0.717) is 6.42 Å². The molecule has 1 heterocycles. The molecule has 0 radical (unpaired) electrons. The molecule has 1 fully saturated rings. The molecule has 0 bridgehead atoms. The van der Waals surface area contributed by atoms with E-state index in [-0.39, 0.29) is 5.91 Å². The lowest BCUT2D eigenvalue weighted by Crippen LogP contribution is -2.39. The first-order chi connectivity index (χ1) is 8.59. The van der Waals surface area contributed by atoms with Crippen LogP contribution in [-0.2, 0) is 9.59 Å². The van der Waals surface area contributed by atoms with Crippen molar-refractivity contribution in [2.75, 3.05) is 31.1 Å². The smallest absolute Gasteiger partial charge is 0.326 e. The number of nitrogens with zero attached hydrogens (tertiary/aromatic N) is 1. The van der Waals surface area contributed by atoms with Crippen molar-refractivity contribution in [3.63, 3.8) is 0 Å². The number of carboxylic acids is 1. The van der Waals surface area contributed by atoms with Gasteiger partial charge in [0.25, 0.3) is 0 Å². The molecular formula is C12H22N2O3S. The Hall–Kier alpha value is -0.750. The normalized spacial score (nSPS) is 17.6. The predicted octanol–water partition coefficient (Wildman–Crippen LogP) is 0.795. The van der Waals surface area contributed by atoms with Crippen molar-refractivity contribution in [2.45, 2.75) is 32.2 Å². The molecule has 0 aliphatic carbocycles. The Labute approximate surface area is 112 Å². The first-order valence-electron chi connectivity index (χ1n) is 6.39. The van der Waals surface area contributed by atoms with Crippen LogP contribution < -0.4 is 5.32 Å². The fourth-order valence-corrected chi connectivity index (χ4v) is 3.00. The van der Waals surface area contributed by atoms with Crippen LogP contribution >= 0.6 is 11.8 Å². The summed E-state index contributed by atoms with van der Waals surface area (Å²) in [5, 5.41) is 11.4. The van der Waals surface area contributed by atoms with Gasteiger partial charge in [-0.3, -0.25) is 4.79 Å². The molecule has 5 nitrogen and oxygen atoms in total. The third-order valence-electron chi connectivity index (χ3n) is 2.98. The Bertz CT molecular complexity index is 280. The number of hydrogen-bond acceptors (Lipinski definition) is 4. The molecule has 1 saturated heterocycles. The largest absolute Gasteiger partial charge is 0.480 e. The number of thioether (sulfide) groups is 1. The van der Waals surface area contributed by atoms with Gasteiger partial charge in [-0.05, 0) is 38.1 Å². The molecule has 2 N–H and O–H groups in total. The molecule has 1 atom stereocenters. The molecular weight excluding hydrogens is 252 g/mol. The summed E-state index contributed by atoms with van der Waals surface area (Å²) in [5.74, 6) is 0.562. The zero-order valence-electron chi connectivity index (χ0n) is 10.9. The molecule has 0 aromatic rings. The number of nitrogens with one attached hydrogen (secondary N) is 1. The summed E-state index contributed by atoms with van der Waals surface area (Å²) < 4.78 is 0. The van der Waals surface area contributed by atoms with Crippen molar-refractivity contribution in [3.8, 4) is 0 Å². The van der Waals surface area contributed by atoms with Crippen molar-refractivity contribution in [2.24, 2.45) is 0 Å². The van der Waals surface area contributed by atoms with E-state index in [4.69, 9.17) is 5.11 Å². The second-order valence-electron chi connectivity index (χ2n) is 4.54. The first kappa shape index (κ1) is 15.3. The second kappa shape index (κ2) is 8.37. The van der Waals surface area contributed by atoms with E-state index in [0.717, 1.165) is 18.1 Å². The Morgan fingerprint density at radius 3 is 2.56 bits per heavy atom. The second-order valence-corrected chi connectivity index (χ2v) is 5.77. The fourth-order valence-electron chi connectivity index (χ4n) is 2.01. The minimum Gasteiger partial charge on any atom is -0.480 e. The van der Waals surface area contributed by atoms with Crippen LogP contribution in [0, 0.1) is 0 Å². The van der Waals surface area contributed by atoms with E-state index in [1.54, 1.807) is 11.8 Å². The maximum atomic E-state index is 10.9. The third-order valence-corrected chi connectivity index (χ3v) is 3.97.